The van der Waals surface area contributed by atoms with E-state index in [1.54, 1.807) is 42.2 Å². The fraction of sp³-hybridized carbons (Fsp3) is 0.267. The van der Waals surface area contributed by atoms with Crippen LogP contribution in [0.15, 0.2) is 73.1 Å². The molecule has 10 nitrogen and oxygen atoms in total. The van der Waals surface area contributed by atoms with Crippen molar-refractivity contribution in [2.75, 3.05) is 10.6 Å². The predicted molar refractivity (Wildman–Crippen MR) is 154 cm³/mol. The SMILES string of the molecule is CC(=N)OC1Cc2cc(-n3nc(C(C)(C)C)cc3NC(=O)Nc3cccc(Oc4cccnc4)c3)ccc2CN1. The van der Waals surface area contributed by atoms with Crippen molar-refractivity contribution in [2.24, 2.45) is 0 Å². The zero-order chi connectivity index (χ0) is 28.3. The van der Waals surface area contributed by atoms with E-state index in [-0.39, 0.29) is 17.5 Å². The fourth-order valence-electron chi connectivity index (χ4n) is 4.39. The van der Waals surface area contributed by atoms with E-state index in [0.29, 0.717) is 36.0 Å². The van der Waals surface area contributed by atoms with E-state index in [1.807, 2.05) is 30.3 Å². The van der Waals surface area contributed by atoms with Crippen LogP contribution in [0.2, 0.25) is 0 Å². The summed E-state index contributed by atoms with van der Waals surface area (Å²) in [6.45, 7) is 8.52. The molecule has 0 aliphatic carbocycles. The van der Waals surface area contributed by atoms with Gasteiger partial charge in [0.15, 0.2) is 12.1 Å². The van der Waals surface area contributed by atoms with Crippen molar-refractivity contribution >= 4 is 23.4 Å². The van der Waals surface area contributed by atoms with Crippen LogP contribution in [0.5, 0.6) is 11.5 Å². The first kappa shape index (κ1) is 26.9. The number of carbonyl (C=O) groups is 1. The number of aromatic nitrogens is 3. The van der Waals surface area contributed by atoms with Gasteiger partial charge in [0, 0.05) is 49.3 Å². The Kier molecular flexibility index (Phi) is 7.52. The van der Waals surface area contributed by atoms with Gasteiger partial charge in [-0.2, -0.15) is 5.10 Å². The lowest BCUT2D eigenvalue weighted by Crippen LogP contribution is -2.38. The number of pyridine rings is 1. The molecule has 3 heterocycles. The number of amides is 2. The lowest BCUT2D eigenvalue weighted by atomic mass is 9.92. The van der Waals surface area contributed by atoms with Crippen molar-refractivity contribution in [3.05, 3.63) is 89.9 Å². The molecule has 0 radical (unpaired) electrons. The van der Waals surface area contributed by atoms with E-state index in [0.717, 1.165) is 22.5 Å². The number of carbonyl (C=O) groups excluding carboxylic acids is 1. The number of nitrogens with one attached hydrogen (secondary N) is 4. The van der Waals surface area contributed by atoms with Crippen LogP contribution in [0, 0.1) is 5.41 Å². The van der Waals surface area contributed by atoms with Crippen LogP contribution in [0.1, 0.15) is 44.5 Å². The Balaban J connectivity index is 1.37. The summed E-state index contributed by atoms with van der Waals surface area (Å²) in [5.74, 6) is 1.90. The number of nitrogens with zero attached hydrogens (tertiary/aromatic N) is 3. The Hall–Kier alpha value is -4.70. The summed E-state index contributed by atoms with van der Waals surface area (Å²) in [4.78, 5) is 17.2. The van der Waals surface area contributed by atoms with E-state index in [2.05, 4.69) is 53.8 Å². The molecule has 10 heteroatoms. The summed E-state index contributed by atoms with van der Waals surface area (Å²) in [5, 5.41) is 21.7. The maximum atomic E-state index is 13.1. The van der Waals surface area contributed by atoms with E-state index in [1.165, 1.54) is 0 Å². The molecule has 2 aromatic carbocycles. The van der Waals surface area contributed by atoms with Crippen LogP contribution in [0.25, 0.3) is 5.69 Å². The smallest absolute Gasteiger partial charge is 0.324 e. The van der Waals surface area contributed by atoms with Gasteiger partial charge in [0.2, 0.25) is 0 Å². The molecule has 0 fully saturated rings. The molecule has 5 rings (SSSR count). The summed E-state index contributed by atoms with van der Waals surface area (Å²) in [6.07, 6.45) is 3.66. The quantitative estimate of drug-likeness (QED) is 0.176. The zero-order valence-corrected chi connectivity index (χ0v) is 23.0. The highest BCUT2D eigenvalue weighted by molar-refractivity contribution is 5.99. The lowest BCUT2D eigenvalue weighted by molar-refractivity contribution is 0.138. The third kappa shape index (κ3) is 6.47. The van der Waals surface area contributed by atoms with Crippen LogP contribution >= 0.6 is 0 Å². The molecule has 206 valence electrons. The Bertz CT molecular complexity index is 1530. The molecule has 1 atom stereocenters. The molecule has 2 aromatic heterocycles. The number of anilines is 2. The molecule has 2 amide bonds. The van der Waals surface area contributed by atoms with Gasteiger partial charge in [0.1, 0.15) is 17.3 Å². The van der Waals surface area contributed by atoms with E-state index in [4.69, 9.17) is 20.0 Å². The minimum Gasteiger partial charge on any atom is -0.463 e. The number of fused-ring (bicyclic) bond motifs is 1. The minimum atomic E-state index is -0.405. The first-order valence-corrected chi connectivity index (χ1v) is 13.1. The number of rotatable bonds is 6. The zero-order valence-electron chi connectivity index (χ0n) is 23.0. The molecule has 4 aromatic rings. The maximum absolute atomic E-state index is 13.1. The lowest BCUT2D eigenvalue weighted by Gasteiger charge is -2.26. The summed E-state index contributed by atoms with van der Waals surface area (Å²) in [5.41, 5.74) is 4.29. The maximum Gasteiger partial charge on any atom is 0.324 e. The topological polar surface area (TPSA) is 126 Å². The van der Waals surface area contributed by atoms with Crippen LogP contribution < -0.4 is 20.7 Å². The highest BCUT2D eigenvalue weighted by atomic mass is 16.5. The van der Waals surface area contributed by atoms with Crippen molar-refractivity contribution in [1.82, 2.24) is 20.1 Å². The second-order valence-corrected chi connectivity index (χ2v) is 10.7. The third-order valence-corrected chi connectivity index (χ3v) is 6.36. The second kappa shape index (κ2) is 11.2. The molecule has 0 saturated carbocycles. The molecule has 0 spiro atoms. The Morgan fingerprint density at radius 2 is 1.88 bits per heavy atom. The molecule has 1 unspecified atom stereocenters. The van der Waals surface area contributed by atoms with Crippen LogP contribution in [0.4, 0.5) is 16.3 Å². The average Bonchev–Trinajstić information content (AvgIpc) is 3.33. The molecule has 40 heavy (non-hydrogen) atoms. The number of ether oxygens (including phenoxy) is 2. The Labute approximate surface area is 233 Å². The molecule has 0 saturated heterocycles. The molecular weight excluding hydrogens is 506 g/mol. The number of benzene rings is 2. The normalized spacial score (nSPS) is 14.7. The largest absolute Gasteiger partial charge is 0.463 e. The molecule has 4 N–H and O–H groups in total. The van der Waals surface area contributed by atoms with Crippen LogP contribution in [0.3, 0.4) is 0 Å². The first-order valence-electron chi connectivity index (χ1n) is 13.1. The van der Waals surface area contributed by atoms with Crippen molar-refractivity contribution in [1.29, 1.82) is 5.41 Å². The van der Waals surface area contributed by atoms with Gasteiger partial charge in [-0.05, 0) is 47.5 Å². The van der Waals surface area contributed by atoms with E-state index < -0.39 is 6.03 Å². The van der Waals surface area contributed by atoms with Gasteiger partial charge in [0.25, 0.3) is 0 Å². The average molecular weight is 540 g/mol. The predicted octanol–water partition coefficient (Wildman–Crippen LogP) is 5.99. The second-order valence-electron chi connectivity index (χ2n) is 10.7. The van der Waals surface area contributed by atoms with Crippen molar-refractivity contribution in [3.63, 3.8) is 0 Å². The van der Waals surface area contributed by atoms with Gasteiger partial charge in [-0.25, -0.2) is 9.48 Å². The van der Waals surface area contributed by atoms with Crippen LogP contribution in [-0.2, 0) is 23.1 Å². The van der Waals surface area contributed by atoms with E-state index >= 15 is 0 Å². The Morgan fingerprint density at radius 1 is 1.05 bits per heavy atom. The number of urea groups is 1. The number of hydrogen-bond acceptors (Lipinski definition) is 7. The molecule has 1 aliphatic heterocycles. The standard InChI is InChI=1S/C30H33N7O3/c1-19(31)39-28-14-21-13-23(11-10-20(21)17-33-28)37-27(16-26(36-37)30(2,3)4)35-29(38)34-22-7-5-8-24(15-22)40-25-9-6-12-32-18-25/h5-13,15-16,18,28,31,33H,14,17H2,1-4H3,(H2,34,35,38). The van der Waals surface area contributed by atoms with Gasteiger partial charge in [-0.1, -0.05) is 32.9 Å². The highest BCUT2D eigenvalue weighted by Crippen LogP contribution is 2.29. The van der Waals surface area contributed by atoms with Gasteiger partial charge in [0.05, 0.1) is 17.6 Å². The summed E-state index contributed by atoms with van der Waals surface area (Å²) in [6, 6.07) is 18.4. The highest BCUT2D eigenvalue weighted by Gasteiger charge is 2.24. The van der Waals surface area contributed by atoms with Gasteiger partial charge < -0.3 is 14.8 Å². The molecule has 0 bridgehead atoms. The van der Waals surface area contributed by atoms with E-state index in [9.17, 15) is 4.79 Å². The summed E-state index contributed by atoms with van der Waals surface area (Å²) >= 11 is 0. The summed E-state index contributed by atoms with van der Waals surface area (Å²) < 4.78 is 13.2. The first-order chi connectivity index (χ1) is 19.1. The monoisotopic (exact) mass is 539 g/mol. The third-order valence-electron chi connectivity index (χ3n) is 6.36. The molecular formula is C30H33N7O3. The van der Waals surface area contributed by atoms with Gasteiger partial charge in [-0.15, -0.1) is 0 Å². The van der Waals surface area contributed by atoms with Gasteiger partial charge in [-0.3, -0.25) is 21.0 Å². The minimum absolute atomic E-state index is 0.172. The number of hydrogen-bond donors (Lipinski definition) is 4. The fourth-order valence-corrected chi connectivity index (χ4v) is 4.39. The van der Waals surface area contributed by atoms with Crippen LogP contribution in [-0.4, -0.2) is 32.9 Å². The van der Waals surface area contributed by atoms with Crippen molar-refractivity contribution in [3.8, 4) is 17.2 Å². The van der Waals surface area contributed by atoms with Crippen molar-refractivity contribution < 1.29 is 14.3 Å². The summed E-state index contributed by atoms with van der Waals surface area (Å²) in [7, 11) is 0. The van der Waals surface area contributed by atoms with Gasteiger partial charge >= 0.3 is 6.03 Å². The van der Waals surface area contributed by atoms with Crippen molar-refractivity contribution in [2.45, 2.75) is 52.3 Å². The Morgan fingerprint density at radius 3 is 2.62 bits per heavy atom. The molecule has 1 aliphatic rings.